The Kier molecular flexibility index (Phi) is 7.66. The summed E-state index contributed by atoms with van der Waals surface area (Å²) < 4.78 is 6.51. The molecule has 0 fully saturated rings. The van der Waals surface area contributed by atoms with Crippen molar-refractivity contribution in [3.05, 3.63) is 58.1 Å². The van der Waals surface area contributed by atoms with Crippen molar-refractivity contribution in [2.45, 2.75) is 69.1 Å². The molecule has 0 radical (unpaired) electrons. The molecule has 0 unspecified atom stereocenters. The van der Waals surface area contributed by atoms with E-state index >= 15 is 0 Å². The summed E-state index contributed by atoms with van der Waals surface area (Å²) in [5, 5.41) is 10.8. The molecule has 2 heterocycles. The van der Waals surface area contributed by atoms with Gasteiger partial charge < -0.3 is 19.6 Å². The lowest BCUT2D eigenvalue weighted by Gasteiger charge is -2.41. The molecule has 198 valence electrons. The van der Waals surface area contributed by atoms with Crippen molar-refractivity contribution in [2.24, 2.45) is 0 Å². The SMILES string of the molecule is CN1CCCCCCCN2C[C@@]3(CCCc4cc(Cl)ccc43)COc3ccc(cc32)[C@@H](C(=O)O)CC1=O. The maximum atomic E-state index is 12.9. The summed E-state index contributed by atoms with van der Waals surface area (Å²) >= 11 is 6.35. The van der Waals surface area contributed by atoms with Gasteiger partial charge in [-0.3, -0.25) is 9.59 Å². The van der Waals surface area contributed by atoms with E-state index in [1.54, 1.807) is 11.9 Å². The molecule has 2 aromatic carbocycles. The van der Waals surface area contributed by atoms with Crippen LogP contribution < -0.4 is 9.64 Å². The van der Waals surface area contributed by atoms with Crippen LogP contribution in [0.25, 0.3) is 0 Å². The molecular formula is C30H37ClN2O4. The monoisotopic (exact) mass is 524 g/mol. The number of anilines is 1. The van der Waals surface area contributed by atoms with Crippen LogP contribution in [0.3, 0.4) is 0 Å². The van der Waals surface area contributed by atoms with Crippen molar-refractivity contribution in [1.29, 1.82) is 0 Å². The molecule has 7 heteroatoms. The number of carboxylic acids is 1. The standard InChI is InChI=1S/C30H37ClN2O4/c1-32-14-5-3-2-4-6-15-33-19-30(13-7-8-22-16-23(31)10-11-25(22)30)20-37-27-12-9-21(17-26(27)33)24(29(35)36)18-28(32)34/h9-12,16-17,24H,2-8,13-15,18-20H2,1H3,(H,35,36)/t24-,30-/m0/s1. The van der Waals surface area contributed by atoms with Crippen LogP contribution in [0.1, 0.15) is 74.0 Å². The van der Waals surface area contributed by atoms with E-state index in [1.807, 2.05) is 24.3 Å². The molecule has 2 atom stereocenters. The Bertz CT molecular complexity index is 1170. The normalized spacial score (nSPS) is 24.9. The molecule has 1 amide bonds. The van der Waals surface area contributed by atoms with Crippen LogP contribution in [0.4, 0.5) is 5.69 Å². The summed E-state index contributed by atoms with van der Waals surface area (Å²) in [4.78, 5) is 29.3. The molecule has 1 spiro atoms. The van der Waals surface area contributed by atoms with E-state index in [2.05, 4.69) is 17.0 Å². The van der Waals surface area contributed by atoms with Gasteiger partial charge in [-0.2, -0.15) is 0 Å². The van der Waals surface area contributed by atoms with Crippen molar-refractivity contribution in [2.75, 3.05) is 38.2 Å². The van der Waals surface area contributed by atoms with Gasteiger partial charge in [0.25, 0.3) is 0 Å². The third-order valence-corrected chi connectivity index (χ3v) is 8.72. The maximum Gasteiger partial charge on any atom is 0.311 e. The van der Waals surface area contributed by atoms with Crippen LogP contribution in [-0.4, -0.2) is 55.2 Å². The first-order chi connectivity index (χ1) is 17.9. The highest BCUT2D eigenvalue weighted by Crippen LogP contribution is 2.45. The average molecular weight is 525 g/mol. The highest BCUT2D eigenvalue weighted by molar-refractivity contribution is 6.30. The molecule has 2 aliphatic heterocycles. The highest BCUT2D eigenvalue weighted by atomic mass is 35.5. The minimum Gasteiger partial charge on any atom is -0.490 e. The number of hydrogen-bond donors (Lipinski definition) is 1. The van der Waals surface area contributed by atoms with Gasteiger partial charge in [0.15, 0.2) is 0 Å². The number of carboxylic acid groups (broad SMARTS) is 1. The molecule has 1 N–H and O–H groups in total. The number of aliphatic carboxylic acids is 1. The van der Waals surface area contributed by atoms with Gasteiger partial charge in [0.05, 0.1) is 18.2 Å². The van der Waals surface area contributed by atoms with E-state index in [0.717, 1.165) is 80.9 Å². The molecule has 37 heavy (non-hydrogen) atoms. The van der Waals surface area contributed by atoms with Crippen LogP contribution in [0.2, 0.25) is 5.02 Å². The first-order valence-electron chi connectivity index (χ1n) is 13.6. The highest BCUT2D eigenvalue weighted by Gasteiger charge is 2.42. The largest absolute Gasteiger partial charge is 0.490 e. The number of fused-ring (bicyclic) bond motifs is 3. The topological polar surface area (TPSA) is 70.1 Å². The first kappa shape index (κ1) is 25.9. The fourth-order valence-electron chi connectivity index (χ4n) is 6.37. The van der Waals surface area contributed by atoms with Crippen molar-refractivity contribution >= 4 is 29.2 Å². The van der Waals surface area contributed by atoms with E-state index in [0.29, 0.717) is 18.7 Å². The van der Waals surface area contributed by atoms with Crippen molar-refractivity contribution in [1.82, 2.24) is 4.90 Å². The number of nitrogens with zero attached hydrogens (tertiary/aromatic N) is 2. The molecule has 3 aliphatic rings. The van der Waals surface area contributed by atoms with Gasteiger partial charge >= 0.3 is 5.97 Å². The molecule has 2 aromatic rings. The number of benzene rings is 2. The second kappa shape index (κ2) is 10.9. The minimum absolute atomic E-state index is 0.0381. The van der Waals surface area contributed by atoms with E-state index in [1.165, 1.54) is 11.1 Å². The smallest absolute Gasteiger partial charge is 0.311 e. The summed E-state index contributed by atoms with van der Waals surface area (Å²) in [5.41, 5.74) is 4.08. The van der Waals surface area contributed by atoms with Gasteiger partial charge in [-0.1, -0.05) is 43.0 Å². The third kappa shape index (κ3) is 5.45. The van der Waals surface area contributed by atoms with Crippen LogP contribution in [-0.2, 0) is 21.4 Å². The predicted molar refractivity (Wildman–Crippen MR) is 146 cm³/mol. The Morgan fingerprint density at radius 3 is 2.65 bits per heavy atom. The number of carbonyl (C=O) groups is 2. The second-order valence-electron chi connectivity index (χ2n) is 11.1. The van der Waals surface area contributed by atoms with Gasteiger partial charge in [-0.25, -0.2) is 0 Å². The quantitative estimate of drug-likeness (QED) is 0.511. The average Bonchev–Trinajstić information content (AvgIpc) is 3.03. The lowest BCUT2D eigenvalue weighted by atomic mass is 9.70. The number of rotatable bonds is 1. The molecule has 5 rings (SSSR count). The Hall–Kier alpha value is -2.73. The second-order valence-corrected chi connectivity index (χ2v) is 11.5. The van der Waals surface area contributed by atoms with Gasteiger partial charge in [0.1, 0.15) is 5.75 Å². The number of carbonyl (C=O) groups excluding carboxylic acids is 1. The fraction of sp³-hybridized carbons (Fsp3) is 0.533. The van der Waals surface area contributed by atoms with E-state index in [-0.39, 0.29) is 17.7 Å². The molecule has 0 saturated heterocycles. The van der Waals surface area contributed by atoms with E-state index in [4.69, 9.17) is 16.3 Å². The maximum absolute atomic E-state index is 12.9. The summed E-state index contributed by atoms with van der Waals surface area (Å²) in [5.74, 6) is -1.19. The third-order valence-electron chi connectivity index (χ3n) is 8.49. The van der Waals surface area contributed by atoms with Crippen LogP contribution in [0.15, 0.2) is 36.4 Å². The molecule has 1 aliphatic carbocycles. The Labute approximate surface area is 224 Å². The molecule has 2 bridgehead atoms. The minimum atomic E-state index is -0.971. The summed E-state index contributed by atoms with van der Waals surface area (Å²) in [6, 6.07) is 12.0. The Morgan fingerprint density at radius 2 is 1.84 bits per heavy atom. The Balaban J connectivity index is 1.54. The lowest BCUT2D eigenvalue weighted by molar-refractivity contribution is -0.142. The number of halogens is 1. The summed E-state index contributed by atoms with van der Waals surface area (Å²) in [6.45, 7) is 2.95. The number of hydrogen-bond acceptors (Lipinski definition) is 4. The van der Waals surface area contributed by atoms with Crippen LogP contribution >= 0.6 is 11.6 Å². The van der Waals surface area contributed by atoms with Gasteiger partial charge in [0.2, 0.25) is 5.91 Å². The molecular weight excluding hydrogens is 488 g/mol. The number of ether oxygens (including phenoxy) is 1. The number of aryl methyl sites for hydroxylation is 1. The predicted octanol–water partition coefficient (Wildman–Crippen LogP) is 5.79. The lowest BCUT2D eigenvalue weighted by Crippen LogP contribution is -2.46. The zero-order chi connectivity index (χ0) is 26.0. The van der Waals surface area contributed by atoms with Gasteiger partial charge in [-0.15, -0.1) is 0 Å². The van der Waals surface area contributed by atoms with Crippen LogP contribution in [0, 0.1) is 0 Å². The van der Waals surface area contributed by atoms with Gasteiger partial charge in [-0.05, 0) is 73.1 Å². The molecule has 0 aromatic heterocycles. The summed E-state index contributed by atoms with van der Waals surface area (Å²) in [6.07, 6.45) is 8.44. The van der Waals surface area contributed by atoms with Crippen molar-refractivity contribution in [3.63, 3.8) is 0 Å². The van der Waals surface area contributed by atoms with Crippen LogP contribution in [0.5, 0.6) is 5.75 Å². The Morgan fingerprint density at radius 1 is 1.05 bits per heavy atom. The van der Waals surface area contributed by atoms with Crippen molar-refractivity contribution < 1.29 is 19.4 Å². The van der Waals surface area contributed by atoms with Crippen molar-refractivity contribution in [3.8, 4) is 5.75 Å². The zero-order valence-electron chi connectivity index (χ0n) is 21.7. The molecule has 6 nitrogen and oxygen atoms in total. The number of amides is 1. The zero-order valence-corrected chi connectivity index (χ0v) is 22.4. The fourth-order valence-corrected chi connectivity index (χ4v) is 6.56. The molecule has 0 saturated carbocycles. The first-order valence-corrected chi connectivity index (χ1v) is 14.0. The van der Waals surface area contributed by atoms with E-state index < -0.39 is 11.9 Å². The van der Waals surface area contributed by atoms with Gasteiger partial charge in [0, 0.05) is 43.5 Å². The van der Waals surface area contributed by atoms with E-state index in [9.17, 15) is 14.7 Å². The summed E-state index contributed by atoms with van der Waals surface area (Å²) in [7, 11) is 1.78.